The van der Waals surface area contributed by atoms with Crippen molar-refractivity contribution in [3.8, 4) is 21.1 Å². The Morgan fingerprint density at radius 1 is 0.436 bits per heavy atom. The van der Waals surface area contributed by atoms with E-state index in [4.69, 9.17) is 9.97 Å². The maximum absolute atomic E-state index is 4.72. The topological polar surface area (TPSA) is 25.8 Å². The third-order valence-corrected chi connectivity index (χ3v) is 8.54. The molecule has 2 nitrogen and oxygen atoms in total. The number of benzene rings is 4. The largest absolute Gasteiger partial charge is 3.00 e. The molecular weight excluding hydrogens is 693 g/mol. The molecule has 8 rings (SSSR count). The summed E-state index contributed by atoms with van der Waals surface area (Å²) >= 11 is 3.48. The Balaban J connectivity index is 0.000000138. The van der Waals surface area contributed by atoms with Crippen LogP contribution in [0.1, 0.15) is 0 Å². The standard InChI is InChI=1S/2C17H10NS.Ir/c2*1-3-7-14-12(5-1)9-10-15(18-14)17-11-13-6-2-4-8-16(13)19-17;/h2*1-10H;/q2*-1;+3. The second-order valence-electron chi connectivity index (χ2n) is 8.88. The molecule has 0 aliphatic carbocycles. The molecular formula is C34H20IrN2S2+. The molecule has 0 radical (unpaired) electrons. The Morgan fingerprint density at radius 2 is 0.846 bits per heavy atom. The first kappa shape index (κ1) is 25.5. The molecule has 0 bridgehead atoms. The number of rotatable bonds is 2. The monoisotopic (exact) mass is 713 g/mol. The van der Waals surface area contributed by atoms with E-state index in [0.29, 0.717) is 0 Å². The van der Waals surface area contributed by atoms with Crippen LogP contribution >= 0.6 is 22.7 Å². The van der Waals surface area contributed by atoms with Crippen molar-refractivity contribution in [2.75, 3.05) is 0 Å². The van der Waals surface area contributed by atoms with E-state index < -0.39 is 0 Å². The molecule has 0 spiro atoms. The Labute approximate surface area is 248 Å². The molecule has 0 atom stereocenters. The zero-order chi connectivity index (χ0) is 25.3. The van der Waals surface area contributed by atoms with E-state index in [9.17, 15) is 0 Å². The van der Waals surface area contributed by atoms with Crippen molar-refractivity contribution in [1.29, 1.82) is 0 Å². The summed E-state index contributed by atoms with van der Waals surface area (Å²) in [4.78, 5) is 11.6. The van der Waals surface area contributed by atoms with Crippen molar-refractivity contribution >= 4 is 64.7 Å². The Hall–Kier alpha value is -3.73. The second-order valence-corrected chi connectivity index (χ2v) is 11.0. The quantitative estimate of drug-likeness (QED) is 0.167. The van der Waals surface area contributed by atoms with Crippen molar-refractivity contribution in [1.82, 2.24) is 9.97 Å². The molecule has 5 heteroatoms. The van der Waals surface area contributed by atoms with Gasteiger partial charge in [0.15, 0.2) is 0 Å². The van der Waals surface area contributed by atoms with Gasteiger partial charge in [0, 0.05) is 11.4 Å². The average molecular weight is 713 g/mol. The van der Waals surface area contributed by atoms with Crippen LogP contribution in [-0.4, -0.2) is 9.97 Å². The minimum absolute atomic E-state index is 0. The van der Waals surface area contributed by atoms with Gasteiger partial charge < -0.3 is 0 Å². The van der Waals surface area contributed by atoms with Crippen LogP contribution in [0, 0.1) is 12.1 Å². The molecule has 4 heterocycles. The van der Waals surface area contributed by atoms with Gasteiger partial charge in [0.1, 0.15) is 0 Å². The van der Waals surface area contributed by atoms with Gasteiger partial charge in [-0.15, -0.1) is 47.2 Å². The van der Waals surface area contributed by atoms with Crippen molar-refractivity contribution < 1.29 is 20.1 Å². The number of pyridine rings is 2. The van der Waals surface area contributed by atoms with Crippen LogP contribution < -0.4 is 0 Å². The van der Waals surface area contributed by atoms with Crippen LogP contribution in [0.15, 0.2) is 121 Å². The van der Waals surface area contributed by atoms with Gasteiger partial charge in [0.05, 0.1) is 11.0 Å². The summed E-state index contributed by atoms with van der Waals surface area (Å²) < 4.78 is 2.51. The molecule has 0 N–H and O–H groups in total. The summed E-state index contributed by atoms with van der Waals surface area (Å²) in [5.41, 5.74) is 4.07. The number of para-hydroxylation sites is 2. The molecule has 186 valence electrons. The molecule has 0 saturated heterocycles. The first-order chi connectivity index (χ1) is 18.8. The zero-order valence-corrected chi connectivity index (χ0v) is 24.6. The van der Waals surface area contributed by atoms with Gasteiger partial charge in [-0.1, -0.05) is 84.9 Å². The van der Waals surface area contributed by atoms with E-state index in [2.05, 4.69) is 84.9 Å². The van der Waals surface area contributed by atoms with E-state index in [-0.39, 0.29) is 20.1 Å². The Bertz CT molecular complexity index is 1840. The van der Waals surface area contributed by atoms with Gasteiger partial charge in [-0.3, -0.25) is 9.97 Å². The normalized spacial score (nSPS) is 10.9. The molecule has 0 aliphatic rings. The molecule has 8 aromatic rings. The van der Waals surface area contributed by atoms with Crippen LogP contribution in [-0.2, 0) is 20.1 Å². The Morgan fingerprint density at radius 3 is 1.31 bits per heavy atom. The second kappa shape index (κ2) is 11.2. The van der Waals surface area contributed by atoms with Crippen molar-refractivity contribution in [3.05, 3.63) is 133 Å². The maximum Gasteiger partial charge on any atom is 3.00 e. The SMILES string of the molecule is [Ir+3].[c-]1c(-c2ccc3ccccc3n2)sc2ccccc12.[c-]1c(-c2ccc3ccccc3n2)sc2ccccc12. The van der Waals surface area contributed by atoms with E-state index in [1.807, 2.05) is 48.5 Å². The number of hydrogen-bond donors (Lipinski definition) is 0. The fourth-order valence-corrected chi connectivity index (χ4v) is 6.40. The molecule has 0 saturated carbocycles. The van der Waals surface area contributed by atoms with E-state index in [1.54, 1.807) is 22.7 Å². The van der Waals surface area contributed by atoms with Crippen LogP contribution in [0.25, 0.3) is 63.1 Å². The Kier molecular flexibility index (Phi) is 7.32. The summed E-state index contributed by atoms with van der Waals surface area (Å²) in [7, 11) is 0. The fraction of sp³-hybridized carbons (Fsp3) is 0. The molecule has 39 heavy (non-hydrogen) atoms. The predicted molar refractivity (Wildman–Crippen MR) is 163 cm³/mol. The number of nitrogens with zero attached hydrogens (tertiary/aromatic N) is 2. The molecule has 0 amide bonds. The molecule has 0 unspecified atom stereocenters. The van der Waals surface area contributed by atoms with Crippen LogP contribution in [0.3, 0.4) is 0 Å². The number of thiophene rings is 2. The summed E-state index contributed by atoms with van der Waals surface area (Å²) in [6.07, 6.45) is 0. The van der Waals surface area contributed by atoms with Crippen molar-refractivity contribution in [3.63, 3.8) is 0 Å². The molecule has 4 aromatic heterocycles. The summed E-state index contributed by atoms with van der Waals surface area (Å²) in [6.45, 7) is 0. The van der Waals surface area contributed by atoms with Gasteiger partial charge >= 0.3 is 20.1 Å². The minimum atomic E-state index is 0. The van der Waals surface area contributed by atoms with E-state index in [1.165, 1.54) is 20.2 Å². The van der Waals surface area contributed by atoms with Crippen LogP contribution in [0.2, 0.25) is 0 Å². The first-order valence-electron chi connectivity index (χ1n) is 12.3. The average Bonchev–Trinajstić information content (AvgIpc) is 3.62. The number of hydrogen-bond acceptors (Lipinski definition) is 4. The van der Waals surface area contributed by atoms with E-state index in [0.717, 1.165) is 42.9 Å². The van der Waals surface area contributed by atoms with Gasteiger partial charge in [-0.25, -0.2) is 22.7 Å². The summed E-state index contributed by atoms with van der Waals surface area (Å²) in [5.74, 6) is 0. The molecule has 0 aliphatic heterocycles. The van der Waals surface area contributed by atoms with Gasteiger partial charge in [-0.05, 0) is 42.1 Å². The van der Waals surface area contributed by atoms with Crippen LogP contribution in [0.4, 0.5) is 0 Å². The van der Waals surface area contributed by atoms with E-state index >= 15 is 0 Å². The van der Waals surface area contributed by atoms with Gasteiger partial charge in [0.2, 0.25) is 0 Å². The maximum atomic E-state index is 4.72. The molecule has 0 fully saturated rings. The zero-order valence-electron chi connectivity index (χ0n) is 20.6. The number of aromatic nitrogens is 2. The van der Waals surface area contributed by atoms with Crippen molar-refractivity contribution in [2.24, 2.45) is 0 Å². The third-order valence-electron chi connectivity index (χ3n) is 6.36. The third kappa shape index (κ3) is 5.27. The van der Waals surface area contributed by atoms with Crippen LogP contribution in [0.5, 0.6) is 0 Å². The summed E-state index contributed by atoms with van der Waals surface area (Å²) in [6, 6.07) is 48.3. The minimum Gasteiger partial charge on any atom is -0.295 e. The fourth-order valence-electron chi connectivity index (χ4n) is 4.45. The van der Waals surface area contributed by atoms with Gasteiger partial charge in [0.25, 0.3) is 0 Å². The smallest absolute Gasteiger partial charge is 0.295 e. The first-order valence-corrected chi connectivity index (χ1v) is 14.0. The van der Waals surface area contributed by atoms with Gasteiger partial charge in [-0.2, -0.15) is 0 Å². The summed E-state index contributed by atoms with van der Waals surface area (Å²) in [5, 5.41) is 4.68. The molecule has 4 aromatic carbocycles. The predicted octanol–water partition coefficient (Wildman–Crippen LogP) is 9.83. The number of fused-ring (bicyclic) bond motifs is 4. The van der Waals surface area contributed by atoms with Crippen molar-refractivity contribution in [2.45, 2.75) is 0 Å².